The molecule has 0 unspecified atom stereocenters. The van der Waals surface area contributed by atoms with Gasteiger partial charge in [0.15, 0.2) is 0 Å². The van der Waals surface area contributed by atoms with E-state index in [4.69, 9.17) is 0 Å². The Balaban J connectivity index is 1.71. The summed E-state index contributed by atoms with van der Waals surface area (Å²) in [4.78, 5) is 25.3. The highest BCUT2D eigenvalue weighted by Crippen LogP contribution is 2.17. The number of carbonyl (C=O) groups excluding carboxylic acids is 2. The summed E-state index contributed by atoms with van der Waals surface area (Å²) in [5.74, 6) is -0.447. The molecule has 1 atom stereocenters. The van der Waals surface area contributed by atoms with E-state index in [0.29, 0.717) is 23.4 Å². The average Bonchev–Trinajstić information content (AvgIpc) is 3.05. The van der Waals surface area contributed by atoms with Gasteiger partial charge in [0.1, 0.15) is 0 Å². The van der Waals surface area contributed by atoms with E-state index in [9.17, 15) is 9.59 Å². The van der Waals surface area contributed by atoms with Crippen molar-refractivity contribution in [2.75, 3.05) is 5.32 Å². The van der Waals surface area contributed by atoms with Crippen LogP contribution in [-0.4, -0.2) is 27.6 Å². The van der Waals surface area contributed by atoms with Gasteiger partial charge >= 0.3 is 0 Å². The molecule has 1 heterocycles. The monoisotopic (exact) mass is 404 g/mol. The van der Waals surface area contributed by atoms with Crippen LogP contribution in [0.4, 0.5) is 5.69 Å². The fourth-order valence-corrected chi connectivity index (χ4v) is 3.16. The first-order valence-electron chi connectivity index (χ1n) is 10.2. The van der Waals surface area contributed by atoms with Crippen LogP contribution in [0.5, 0.6) is 0 Å². The number of rotatable bonds is 7. The molecule has 156 valence electrons. The molecule has 3 aromatic rings. The Kier molecular flexibility index (Phi) is 6.67. The van der Waals surface area contributed by atoms with Gasteiger partial charge in [-0.25, -0.2) is 0 Å². The quantitative estimate of drug-likeness (QED) is 0.615. The number of nitrogens with one attached hydrogen (secondary N) is 2. The van der Waals surface area contributed by atoms with Crippen molar-refractivity contribution in [3.8, 4) is 0 Å². The molecule has 0 bridgehead atoms. The van der Waals surface area contributed by atoms with E-state index in [-0.39, 0.29) is 17.9 Å². The summed E-state index contributed by atoms with van der Waals surface area (Å²) in [6.07, 6.45) is 0.838. The highest BCUT2D eigenvalue weighted by Gasteiger charge is 2.15. The molecule has 0 aliphatic carbocycles. The Morgan fingerprint density at radius 3 is 2.37 bits per heavy atom. The van der Waals surface area contributed by atoms with Crippen molar-refractivity contribution in [3.05, 3.63) is 82.7 Å². The minimum Gasteiger partial charge on any atom is -0.350 e. The number of hydrogen-bond acceptors (Lipinski definition) is 3. The number of hydrogen-bond donors (Lipinski definition) is 2. The van der Waals surface area contributed by atoms with E-state index >= 15 is 0 Å². The minimum atomic E-state index is -0.253. The maximum absolute atomic E-state index is 12.7. The second kappa shape index (κ2) is 9.39. The fraction of sp³-hybridized carbons (Fsp3) is 0.292. The Morgan fingerprint density at radius 2 is 1.73 bits per heavy atom. The van der Waals surface area contributed by atoms with Crippen molar-refractivity contribution in [2.24, 2.45) is 0 Å². The zero-order valence-corrected chi connectivity index (χ0v) is 17.9. The van der Waals surface area contributed by atoms with Gasteiger partial charge in [0.05, 0.1) is 23.5 Å². The van der Waals surface area contributed by atoms with E-state index < -0.39 is 0 Å². The van der Waals surface area contributed by atoms with Crippen LogP contribution in [0.3, 0.4) is 0 Å². The molecule has 6 nitrogen and oxygen atoms in total. The van der Waals surface area contributed by atoms with Crippen LogP contribution in [0, 0.1) is 13.8 Å². The van der Waals surface area contributed by atoms with E-state index in [1.165, 1.54) is 0 Å². The van der Waals surface area contributed by atoms with Gasteiger partial charge in [-0.2, -0.15) is 5.10 Å². The molecule has 1 aromatic heterocycles. The number of carbonyl (C=O) groups is 2. The molecule has 0 aliphatic rings. The number of anilines is 1. The third-order valence-electron chi connectivity index (χ3n) is 5.06. The van der Waals surface area contributed by atoms with Crippen molar-refractivity contribution in [3.63, 3.8) is 0 Å². The van der Waals surface area contributed by atoms with Crippen molar-refractivity contribution < 1.29 is 9.59 Å². The maximum atomic E-state index is 12.7. The summed E-state index contributed by atoms with van der Waals surface area (Å²) in [6.45, 7) is 8.61. The SMILES string of the molecule is CC[C@H](C)NC(=O)c1ccccc1NC(=O)c1ccc(Cn2nc(C)cc2C)cc1. The summed E-state index contributed by atoms with van der Waals surface area (Å²) in [5, 5.41) is 10.3. The molecule has 2 N–H and O–H groups in total. The topological polar surface area (TPSA) is 76.0 Å². The molecule has 2 aromatic carbocycles. The molecule has 0 fully saturated rings. The van der Waals surface area contributed by atoms with Crippen LogP contribution in [0.25, 0.3) is 0 Å². The summed E-state index contributed by atoms with van der Waals surface area (Å²) in [5.41, 5.74) is 4.62. The number of para-hydroxylation sites is 1. The summed E-state index contributed by atoms with van der Waals surface area (Å²) in [6, 6.07) is 16.6. The molecule has 6 heteroatoms. The predicted octanol–water partition coefficient (Wildman–Crippen LogP) is 4.33. The molecule has 3 rings (SSSR count). The lowest BCUT2D eigenvalue weighted by molar-refractivity contribution is 0.0940. The molecule has 0 saturated heterocycles. The van der Waals surface area contributed by atoms with E-state index in [1.807, 2.05) is 50.6 Å². The first-order chi connectivity index (χ1) is 14.4. The zero-order valence-electron chi connectivity index (χ0n) is 17.9. The molecule has 0 saturated carbocycles. The van der Waals surface area contributed by atoms with Gasteiger partial charge in [0.25, 0.3) is 11.8 Å². The van der Waals surface area contributed by atoms with Crippen LogP contribution in [0.15, 0.2) is 54.6 Å². The lowest BCUT2D eigenvalue weighted by atomic mass is 10.1. The Bertz CT molecular complexity index is 1040. The Morgan fingerprint density at radius 1 is 1.03 bits per heavy atom. The van der Waals surface area contributed by atoms with Crippen LogP contribution < -0.4 is 10.6 Å². The predicted molar refractivity (Wildman–Crippen MR) is 119 cm³/mol. The summed E-state index contributed by atoms with van der Waals surface area (Å²) < 4.78 is 1.94. The van der Waals surface area contributed by atoms with Gasteiger partial charge in [0, 0.05) is 17.3 Å². The Hall–Kier alpha value is -3.41. The number of aromatic nitrogens is 2. The van der Waals surface area contributed by atoms with Gasteiger partial charge in [-0.1, -0.05) is 31.2 Å². The lowest BCUT2D eigenvalue weighted by Crippen LogP contribution is -2.32. The highest BCUT2D eigenvalue weighted by atomic mass is 16.2. The normalized spacial score (nSPS) is 11.7. The van der Waals surface area contributed by atoms with E-state index in [2.05, 4.69) is 15.7 Å². The number of aryl methyl sites for hydroxylation is 2. The third-order valence-corrected chi connectivity index (χ3v) is 5.06. The minimum absolute atomic E-state index is 0.0658. The largest absolute Gasteiger partial charge is 0.350 e. The lowest BCUT2D eigenvalue weighted by Gasteiger charge is -2.15. The Labute approximate surface area is 177 Å². The highest BCUT2D eigenvalue weighted by molar-refractivity contribution is 6.09. The number of amides is 2. The average molecular weight is 405 g/mol. The van der Waals surface area contributed by atoms with Gasteiger partial charge in [0.2, 0.25) is 0 Å². The van der Waals surface area contributed by atoms with Gasteiger partial charge in [-0.3, -0.25) is 14.3 Å². The second-order valence-electron chi connectivity index (χ2n) is 7.56. The van der Waals surface area contributed by atoms with Crippen LogP contribution in [0.1, 0.15) is 57.9 Å². The van der Waals surface area contributed by atoms with Gasteiger partial charge in [-0.05, 0) is 63.1 Å². The molecule has 30 heavy (non-hydrogen) atoms. The van der Waals surface area contributed by atoms with Crippen molar-refractivity contribution in [1.29, 1.82) is 0 Å². The van der Waals surface area contributed by atoms with Crippen LogP contribution in [0.2, 0.25) is 0 Å². The summed E-state index contributed by atoms with van der Waals surface area (Å²) in [7, 11) is 0. The molecular formula is C24H28N4O2. The van der Waals surface area contributed by atoms with Crippen LogP contribution >= 0.6 is 0 Å². The molecule has 2 amide bonds. The third kappa shape index (κ3) is 5.14. The van der Waals surface area contributed by atoms with Crippen molar-refractivity contribution in [1.82, 2.24) is 15.1 Å². The molecular weight excluding hydrogens is 376 g/mol. The first kappa shape index (κ1) is 21.3. The zero-order chi connectivity index (χ0) is 21.7. The van der Waals surface area contributed by atoms with E-state index in [0.717, 1.165) is 23.4 Å². The molecule has 0 spiro atoms. The van der Waals surface area contributed by atoms with Gasteiger partial charge in [-0.15, -0.1) is 0 Å². The smallest absolute Gasteiger partial charge is 0.255 e. The summed E-state index contributed by atoms with van der Waals surface area (Å²) >= 11 is 0. The maximum Gasteiger partial charge on any atom is 0.255 e. The number of nitrogens with zero attached hydrogens (tertiary/aromatic N) is 2. The fourth-order valence-electron chi connectivity index (χ4n) is 3.16. The number of benzene rings is 2. The van der Waals surface area contributed by atoms with Crippen molar-refractivity contribution >= 4 is 17.5 Å². The second-order valence-corrected chi connectivity index (χ2v) is 7.56. The molecule has 0 radical (unpaired) electrons. The van der Waals surface area contributed by atoms with Gasteiger partial charge < -0.3 is 10.6 Å². The molecule has 0 aliphatic heterocycles. The van der Waals surface area contributed by atoms with Crippen LogP contribution in [-0.2, 0) is 6.54 Å². The standard InChI is InChI=1S/C24H28N4O2/c1-5-16(2)25-24(30)21-8-6-7-9-22(21)26-23(29)20-12-10-19(11-13-20)15-28-18(4)14-17(3)27-28/h6-14,16H,5,15H2,1-4H3,(H,25,30)(H,26,29)/t16-/m0/s1. The first-order valence-corrected chi connectivity index (χ1v) is 10.2. The van der Waals surface area contributed by atoms with E-state index in [1.54, 1.807) is 36.4 Å². The van der Waals surface area contributed by atoms with Crippen molar-refractivity contribution in [2.45, 2.75) is 46.7 Å².